The molecule has 2 aliphatic carbocycles. The first-order valence-electron chi connectivity index (χ1n) is 8.04. The van der Waals surface area contributed by atoms with Gasteiger partial charge in [0.15, 0.2) is 5.41 Å². The minimum Gasteiger partial charge on any atom is -0.458 e. The molecule has 5 unspecified atom stereocenters. The molecule has 1 heterocycles. The fourth-order valence-electron chi connectivity index (χ4n) is 4.67. The highest BCUT2D eigenvalue weighted by molar-refractivity contribution is 5.84. The van der Waals surface area contributed by atoms with Crippen LogP contribution in [0, 0.1) is 39.9 Å². The summed E-state index contributed by atoms with van der Waals surface area (Å²) in [6, 6.07) is 2.17. The fourth-order valence-corrected chi connectivity index (χ4v) is 4.67. The molecule has 120 valence electrons. The fraction of sp³-hybridized carbons (Fsp3) is 0.824. The molecule has 0 N–H and O–H groups in total. The molecular formula is C17H23NO4. The van der Waals surface area contributed by atoms with Crippen molar-refractivity contribution in [2.24, 2.45) is 28.6 Å². The van der Waals surface area contributed by atoms with Gasteiger partial charge in [0.25, 0.3) is 0 Å². The van der Waals surface area contributed by atoms with Gasteiger partial charge in [0.2, 0.25) is 0 Å². The van der Waals surface area contributed by atoms with Crippen molar-refractivity contribution in [1.29, 1.82) is 5.26 Å². The van der Waals surface area contributed by atoms with Gasteiger partial charge in [-0.1, -0.05) is 13.8 Å². The lowest BCUT2D eigenvalue weighted by Crippen LogP contribution is -2.42. The summed E-state index contributed by atoms with van der Waals surface area (Å²) in [6.07, 6.45) is 1.15. The van der Waals surface area contributed by atoms with Crippen LogP contribution in [0.4, 0.5) is 0 Å². The quantitative estimate of drug-likeness (QED) is 0.746. The van der Waals surface area contributed by atoms with Gasteiger partial charge in [0.1, 0.15) is 12.2 Å². The van der Waals surface area contributed by atoms with Gasteiger partial charge in [0, 0.05) is 11.8 Å². The summed E-state index contributed by atoms with van der Waals surface area (Å²) in [4.78, 5) is 24.5. The van der Waals surface area contributed by atoms with Gasteiger partial charge in [-0.2, -0.15) is 5.26 Å². The summed E-state index contributed by atoms with van der Waals surface area (Å²) in [5, 5.41) is 9.37. The van der Waals surface area contributed by atoms with Gasteiger partial charge in [0.05, 0.1) is 11.5 Å². The maximum Gasteiger partial charge on any atom is 0.327 e. The molecule has 0 radical (unpaired) electrons. The van der Waals surface area contributed by atoms with Crippen LogP contribution in [-0.4, -0.2) is 24.1 Å². The second-order valence-electron chi connectivity index (χ2n) is 8.11. The highest BCUT2D eigenvalue weighted by Gasteiger charge is 2.72. The van der Waals surface area contributed by atoms with E-state index in [9.17, 15) is 14.9 Å². The average Bonchev–Trinajstić information content (AvgIpc) is 2.99. The lowest BCUT2D eigenvalue weighted by Gasteiger charge is -2.32. The van der Waals surface area contributed by atoms with Gasteiger partial charge in [-0.15, -0.1) is 0 Å². The third kappa shape index (κ3) is 1.96. The largest absolute Gasteiger partial charge is 0.458 e. The second kappa shape index (κ2) is 4.71. The van der Waals surface area contributed by atoms with Crippen LogP contribution in [0.3, 0.4) is 0 Å². The lowest BCUT2D eigenvalue weighted by molar-refractivity contribution is -0.171. The zero-order valence-electron chi connectivity index (χ0n) is 13.6. The molecule has 0 spiro atoms. The molecule has 1 saturated heterocycles. The van der Waals surface area contributed by atoms with Crippen LogP contribution in [0.15, 0.2) is 0 Å². The zero-order valence-corrected chi connectivity index (χ0v) is 13.6. The van der Waals surface area contributed by atoms with E-state index in [1.807, 2.05) is 13.8 Å². The Labute approximate surface area is 131 Å². The average molecular weight is 305 g/mol. The third-order valence-electron chi connectivity index (χ3n) is 5.48. The number of carbonyl (C=O) groups is 2. The first kappa shape index (κ1) is 15.3. The summed E-state index contributed by atoms with van der Waals surface area (Å²) in [5.74, 6) is -0.296. The van der Waals surface area contributed by atoms with Crippen LogP contribution >= 0.6 is 0 Å². The van der Waals surface area contributed by atoms with E-state index < -0.39 is 22.9 Å². The number of hydrogen-bond acceptors (Lipinski definition) is 5. The normalized spacial score (nSPS) is 39.0. The molecule has 3 fully saturated rings. The molecule has 22 heavy (non-hydrogen) atoms. The molecule has 0 aromatic carbocycles. The molecule has 2 saturated carbocycles. The van der Waals surface area contributed by atoms with E-state index in [0.29, 0.717) is 12.3 Å². The number of hydrogen-bond donors (Lipinski definition) is 0. The minimum absolute atomic E-state index is 0.0694. The second-order valence-corrected chi connectivity index (χ2v) is 8.11. The van der Waals surface area contributed by atoms with Crippen molar-refractivity contribution in [2.45, 2.75) is 59.2 Å². The van der Waals surface area contributed by atoms with E-state index in [1.165, 1.54) is 0 Å². The van der Waals surface area contributed by atoms with Crippen LogP contribution in [0.5, 0.6) is 0 Å². The molecule has 3 aliphatic rings. The Morgan fingerprint density at radius 2 is 2.23 bits per heavy atom. The molecule has 0 amide bonds. The van der Waals surface area contributed by atoms with Crippen LogP contribution < -0.4 is 0 Å². The van der Waals surface area contributed by atoms with Gasteiger partial charge in [-0.3, -0.25) is 9.59 Å². The third-order valence-corrected chi connectivity index (χ3v) is 5.48. The van der Waals surface area contributed by atoms with E-state index in [-0.39, 0.29) is 23.9 Å². The van der Waals surface area contributed by atoms with Crippen molar-refractivity contribution in [2.75, 3.05) is 0 Å². The van der Waals surface area contributed by atoms with Crippen LogP contribution in [0.1, 0.15) is 47.0 Å². The molecule has 2 bridgehead atoms. The van der Waals surface area contributed by atoms with Crippen LogP contribution in [0.2, 0.25) is 0 Å². The Morgan fingerprint density at radius 1 is 1.55 bits per heavy atom. The standard InChI is InChI=1S/C17H23NO4/c1-9(2)6-16(3,4)14(19)21-12-10-5-11-13(12)22-15(20)17(11,7-10)8-18/h9-13H,5-7H2,1-4H3. The number of esters is 2. The number of ether oxygens (including phenoxy) is 2. The number of carbonyl (C=O) groups excluding carboxylic acids is 2. The molecular weight excluding hydrogens is 282 g/mol. The SMILES string of the molecule is CC(C)CC(C)(C)C(=O)OC1C2CC3C1OC(=O)C3(C#N)C2. The van der Waals surface area contributed by atoms with E-state index in [0.717, 1.165) is 12.8 Å². The summed E-state index contributed by atoms with van der Waals surface area (Å²) in [5.41, 5.74) is -1.53. The minimum atomic E-state index is -0.980. The van der Waals surface area contributed by atoms with Crippen molar-refractivity contribution in [1.82, 2.24) is 0 Å². The van der Waals surface area contributed by atoms with Gasteiger partial charge >= 0.3 is 11.9 Å². The molecule has 0 aromatic heterocycles. The van der Waals surface area contributed by atoms with Crippen molar-refractivity contribution >= 4 is 11.9 Å². The Bertz CT molecular complexity index is 561. The Kier molecular flexibility index (Phi) is 3.28. The maximum absolute atomic E-state index is 12.5. The van der Waals surface area contributed by atoms with E-state index in [2.05, 4.69) is 19.9 Å². The predicted molar refractivity (Wildman–Crippen MR) is 77.3 cm³/mol. The van der Waals surface area contributed by atoms with E-state index >= 15 is 0 Å². The Balaban J connectivity index is 1.74. The summed E-state index contributed by atoms with van der Waals surface area (Å²) >= 11 is 0. The van der Waals surface area contributed by atoms with E-state index in [4.69, 9.17) is 9.47 Å². The summed E-state index contributed by atoms with van der Waals surface area (Å²) < 4.78 is 11.2. The Hall–Kier alpha value is -1.57. The van der Waals surface area contributed by atoms with Crippen LogP contribution in [0.25, 0.3) is 0 Å². The molecule has 0 aromatic rings. The van der Waals surface area contributed by atoms with Crippen molar-refractivity contribution in [3.63, 3.8) is 0 Å². The predicted octanol–water partition coefficient (Wildman–Crippen LogP) is 2.45. The van der Waals surface area contributed by atoms with Crippen molar-refractivity contribution in [3.8, 4) is 6.07 Å². The topological polar surface area (TPSA) is 76.4 Å². The van der Waals surface area contributed by atoms with Crippen molar-refractivity contribution < 1.29 is 19.1 Å². The molecule has 5 heteroatoms. The summed E-state index contributed by atoms with van der Waals surface area (Å²) in [7, 11) is 0. The monoisotopic (exact) mass is 305 g/mol. The summed E-state index contributed by atoms with van der Waals surface area (Å²) in [6.45, 7) is 7.94. The molecule has 1 aliphatic heterocycles. The first-order valence-corrected chi connectivity index (χ1v) is 8.04. The molecule has 5 atom stereocenters. The first-order chi connectivity index (χ1) is 10.2. The number of nitriles is 1. The molecule has 3 rings (SSSR count). The van der Waals surface area contributed by atoms with Crippen molar-refractivity contribution in [3.05, 3.63) is 0 Å². The van der Waals surface area contributed by atoms with E-state index in [1.54, 1.807) is 0 Å². The highest BCUT2D eigenvalue weighted by atomic mass is 16.6. The van der Waals surface area contributed by atoms with Gasteiger partial charge in [-0.05, 0) is 39.0 Å². The number of nitrogens with zero attached hydrogens (tertiary/aromatic N) is 1. The van der Waals surface area contributed by atoms with Gasteiger partial charge < -0.3 is 9.47 Å². The smallest absolute Gasteiger partial charge is 0.327 e. The molecule has 5 nitrogen and oxygen atoms in total. The van der Waals surface area contributed by atoms with Gasteiger partial charge in [-0.25, -0.2) is 0 Å². The number of fused-ring (bicyclic) bond motifs is 1. The lowest BCUT2D eigenvalue weighted by atomic mass is 9.74. The highest BCUT2D eigenvalue weighted by Crippen LogP contribution is 2.62. The number of rotatable bonds is 4. The Morgan fingerprint density at radius 3 is 2.82 bits per heavy atom. The zero-order chi connectivity index (χ0) is 16.3. The van der Waals surface area contributed by atoms with Crippen LogP contribution in [-0.2, 0) is 19.1 Å². The maximum atomic E-state index is 12.5.